The lowest BCUT2D eigenvalue weighted by molar-refractivity contribution is -0.209. The minimum Gasteiger partial charge on any atom is -0.462 e. The summed E-state index contributed by atoms with van der Waals surface area (Å²) in [5, 5.41) is 0. The zero-order valence-electron chi connectivity index (χ0n) is 13.9. The summed E-state index contributed by atoms with van der Waals surface area (Å²) < 4.78 is 11.6. The van der Waals surface area contributed by atoms with Gasteiger partial charge in [0.1, 0.15) is 12.2 Å². The predicted octanol–water partition coefficient (Wildman–Crippen LogP) is 2.33. The number of esters is 2. The zero-order valence-corrected chi connectivity index (χ0v) is 13.9. The molecule has 0 aromatic heterocycles. The highest BCUT2D eigenvalue weighted by Crippen LogP contribution is 2.65. The van der Waals surface area contributed by atoms with E-state index in [2.05, 4.69) is 6.92 Å². The van der Waals surface area contributed by atoms with Crippen molar-refractivity contribution in [2.45, 2.75) is 64.1 Å². The maximum atomic E-state index is 12.3. The van der Waals surface area contributed by atoms with Crippen molar-refractivity contribution in [2.24, 2.45) is 22.7 Å². The maximum Gasteiger partial charge on any atom is 0.306 e. The van der Waals surface area contributed by atoms with Crippen molar-refractivity contribution in [3.05, 3.63) is 11.6 Å². The molecule has 2 heterocycles. The van der Waals surface area contributed by atoms with Gasteiger partial charge in [0.05, 0.1) is 12.8 Å². The number of fused-ring (bicyclic) bond motifs is 6. The fraction of sp³-hybridized carbons (Fsp3) is 0.737. The number of carbonyl (C=O) groups is 3. The molecule has 5 nitrogen and oxygen atoms in total. The van der Waals surface area contributed by atoms with Gasteiger partial charge < -0.3 is 9.47 Å². The van der Waals surface area contributed by atoms with Crippen molar-refractivity contribution in [1.82, 2.24) is 0 Å². The molecule has 0 aromatic rings. The van der Waals surface area contributed by atoms with Gasteiger partial charge in [-0.1, -0.05) is 12.5 Å². The van der Waals surface area contributed by atoms with E-state index < -0.39 is 0 Å². The van der Waals surface area contributed by atoms with Crippen LogP contribution in [-0.4, -0.2) is 29.9 Å². The second-order valence-electron chi connectivity index (χ2n) is 8.64. The van der Waals surface area contributed by atoms with Gasteiger partial charge in [-0.3, -0.25) is 14.4 Å². The molecule has 24 heavy (non-hydrogen) atoms. The predicted molar refractivity (Wildman–Crippen MR) is 82.7 cm³/mol. The van der Waals surface area contributed by atoms with Crippen molar-refractivity contribution in [3.63, 3.8) is 0 Å². The Labute approximate surface area is 140 Å². The Balaban J connectivity index is 1.62. The first-order valence-corrected chi connectivity index (χ1v) is 9.04. The van der Waals surface area contributed by atoms with E-state index in [4.69, 9.17) is 9.47 Å². The Morgan fingerprint density at radius 3 is 2.62 bits per heavy atom. The minimum absolute atomic E-state index is 0.125. The third-order valence-electron chi connectivity index (χ3n) is 7.44. The molecule has 4 fully saturated rings. The minimum atomic E-state index is -0.347. The van der Waals surface area contributed by atoms with Gasteiger partial charge in [0.2, 0.25) is 0 Å². The number of hydrogen-bond donors (Lipinski definition) is 0. The van der Waals surface area contributed by atoms with E-state index in [0.29, 0.717) is 19.3 Å². The fourth-order valence-corrected chi connectivity index (χ4v) is 6.52. The average molecular weight is 330 g/mol. The summed E-state index contributed by atoms with van der Waals surface area (Å²) in [6, 6.07) is 0. The third kappa shape index (κ3) is 1.73. The van der Waals surface area contributed by atoms with Crippen LogP contribution in [0.15, 0.2) is 11.6 Å². The smallest absolute Gasteiger partial charge is 0.306 e. The van der Waals surface area contributed by atoms with Gasteiger partial charge >= 0.3 is 11.9 Å². The van der Waals surface area contributed by atoms with Gasteiger partial charge in [0, 0.05) is 23.7 Å². The molecule has 2 saturated heterocycles. The standard InChI is InChI=1S/C19H22O5/c1-18-5-4-11(20)6-10(18)2-3-12-16(18)13-7-19(8-14(21)23-13)9-15(22)24-17(12)19/h6,12-13,16-17H,2-5,7-9H2,1H3/t12-,13+,16-,17+,18+,19+/m1/s1. The first-order chi connectivity index (χ1) is 11.4. The van der Waals surface area contributed by atoms with E-state index in [9.17, 15) is 14.4 Å². The SMILES string of the molecule is C[C@]12CCC(=O)C=C1CC[C@@H]1[C@@H]2[C@@H]2C[C@]3(CC(=O)O2)CC(=O)O[C@@H]13. The second-order valence-corrected chi connectivity index (χ2v) is 8.64. The molecule has 0 amide bonds. The molecule has 2 aliphatic heterocycles. The largest absolute Gasteiger partial charge is 0.462 e. The summed E-state index contributed by atoms with van der Waals surface area (Å²) in [6.07, 6.45) is 6.06. The Bertz CT molecular complexity index is 694. The molecule has 1 spiro atoms. The highest BCUT2D eigenvalue weighted by Gasteiger charge is 2.67. The number of carbonyl (C=O) groups excluding carboxylic acids is 3. The molecule has 128 valence electrons. The molecule has 2 bridgehead atoms. The van der Waals surface area contributed by atoms with Gasteiger partial charge in [-0.15, -0.1) is 0 Å². The maximum absolute atomic E-state index is 12.3. The van der Waals surface area contributed by atoms with E-state index in [1.807, 2.05) is 6.08 Å². The van der Waals surface area contributed by atoms with E-state index in [-0.39, 0.29) is 52.6 Å². The molecule has 5 heteroatoms. The molecule has 5 aliphatic rings. The summed E-state index contributed by atoms with van der Waals surface area (Å²) in [4.78, 5) is 36.2. The Kier molecular flexibility index (Phi) is 2.75. The lowest BCUT2D eigenvalue weighted by Crippen LogP contribution is -2.62. The Morgan fingerprint density at radius 2 is 1.83 bits per heavy atom. The van der Waals surface area contributed by atoms with Gasteiger partial charge in [-0.25, -0.2) is 0 Å². The van der Waals surface area contributed by atoms with Crippen molar-refractivity contribution >= 4 is 17.7 Å². The van der Waals surface area contributed by atoms with Gasteiger partial charge in [-0.2, -0.15) is 0 Å². The van der Waals surface area contributed by atoms with Crippen LogP contribution >= 0.6 is 0 Å². The van der Waals surface area contributed by atoms with Crippen molar-refractivity contribution in [2.75, 3.05) is 0 Å². The van der Waals surface area contributed by atoms with Crippen molar-refractivity contribution < 1.29 is 23.9 Å². The van der Waals surface area contributed by atoms with Crippen LogP contribution in [0.1, 0.15) is 51.9 Å². The van der Waals surface area contributed by atoms with Gasteiger partial charge in [-0.05, 0) is 37.2 Å². The van der Waals surface area contributed by atoms with Crippen LogP contribution in [0.25, 0.3) is 0 Å². The second kappa shape index (κ2) is 4.50. The quantitative estimate of drug-likeness (QED) is 0.638. The number of ether oxygens (including phenoxy) is 2. The molecule has 0 aromatic carbocycles. The van der Waals surface area contributed by atoms with Crippen LogP contribution in [0.4, 0.5) is 0 Å². The van der Waals surface area contributed by atoms with Crippen molar-refractivity contribution in [1.29, 1.82) is 0 Å². The summed E-state index contributed by atoms with van der Waals surface area (Å²) >= 11 is 0. The highest BCUT2D eigenvalue weighted by atomic mass is 16.6. The van der Waals surface area contributed by atoms with E-state index in [1.54, 1.807) is 0 Å². The van der Waals surface area contributed by atoms with Crippen LogP contribution < -0.4 is 0 Å². The summed E-state index contributed by atoms with van der Waals surface area (Å²) in [7, 11) is 0. The third-order valence-corrected chi connectivity index (χ3v) is 7.44. The summed E-state index contributed by atoms with van der Waals surface area (Å²) in [6.45, 7) is 2.22. The van der Waals surface area contributed by atoms with E-state index in [1.165, 1.54) is 5.57 Å². The fourth-order valence-electron chi connectivity index (χ4n) is 6.52. The zero-order chi connectivity index (χ0) is 16.7. The normalized spacial score (nSPS) is 49.4. The first kappa shape index (κ1) is 14.7. The highest BCUT2D eigenvalue weighted by molar-refractivity contribution is 5.91. The molecule has 0 radical (unpaired) electrons. The number of rotatable bonds is 0. The van der Waals surface area contributed by atoms with Crippen LogP contribution in [0.3, 0.4) is 0 Å². The molecular weight excluding hydrogens is 308 g/mol. The topological polar surface area (TPSA) is 69.7 Å². The molecule has 0 N–H and O–H groups in total. The molecule has 0 unspecified atom stereocenters. The molecule has 5 rings (SSSR count). The number of hydrogen-bond acceptors (Lipinski definition) is 5. The van der Waals surface area contributed by atoms with E-state index >= 15 is 0 Å². The van der Waals surface area contributed by atoms with Crippen LogP contribution in [0, 0.1) is 22.7 Å². The summed E-state index contributed by atoms with van der Waals surface area (Å²) in [5.41, 5.74) is 0.735. The van der Waals surface area contributed by atoms with Gasteiger partial charge in [0.25, 0.3) is 0 Å². The lowest BCUT2D eigenvalue weighted by atomic mass is 9.47. The summed E-state index contributed by atoms with van der Waals surface area (Å²) in [5.74, 6) is 0.232. The molecule has 3 aliphatic carbocycles. The van der Waals surface area contributed by atoms with Crippen LogP contribution in [0.2, 0.25) is 0 Å². The average Bonchev–Trinajstić information content (AvgIpc) is 2.81. The van der Waals surface area contributed by atoms with Gasteiger partial charge in [0.15, 0.2) is 5.78 Å². The van der Waals surface area contributed by atoms with Crippen LogP contribution in [0.5, 0.6) is 0 Å². The Morgan fingerprint density at radius 1 is 1.08 bits per heavy atom. The van der Waals surface area contributed by atoms with E-state index in [0.717, 1.165) is 25.7 Å². The Hall–Kier alpha value is -1.65. The molecule has 2 saturated carbocycles. The number of allylic oxidation sites excluding steroid dienone is 2. The molecule has 6 atom stereocenters. The first-order valence-electron chi connectivity index (χ1n) is 9.04. The molecular formula is C19H22O5. The van der Waals surface area contributed by atoms with Crippen LogP contribution in [-0.2, 0) is 23.9 Å². The number of ketones is 1. The monoisotopic (exact) mass is 330 g/mol. The lowest BCUT2D eigenvalue weighted by Gasteiger charge is -2.60. The van der Waals surface area contributed by atoms with Crippen molar-refractivity contribution in [3.8, 4) is 0 Å².